The molecule has 0 bridgehead atoms. The Bertz CT molecular complexity index is 776. The number of benzene rings is 1. The zero-order valence-electron chi connectivity index (χ0n) is 16.4. The van der Waals surface area contributed by atoms with E-state index in [0.717, 1.165) is 29.7 Å². The number of hydrogen-bond acceptors (Lipinski definition) is 0. The third-order valence-electron chi connectivity index (χ3n) is 4.74. The highest BCUT2D eigenvalue weighted by molar-refractivity contribution is 5.66. The van der Waals surface area contributed by atoms with Crippen molar-refractivity contribution in [1.82, 2.24) is 0 Å². The molecule has 1 nitrogen and oxygen atoms in total. The van der Waals surface area contributed by atoms with Gasteiger partial charge in [0, 0.05) is 19.9 Å². The zero-order chi connectivity index (χ0) is 17.7. The van der Waals surface area contributed by atoms with Crippen LogP contribution in [-0.4, -0.2) is 0 Å². The van der Waals surface area contributed by atoms with Gasteiger partial charge in [-0.05, 0) is 54.7 Å². The van der Waals surface area contributed by atoms with Crippen LogP contribution >= 0.6 is 0 Å². The van der Waals surface area contributed by atoms with Crippen molar-refractivity contribution in [3.8, 4) is 11.3 Å². The second-order valence-electron chi connectivity index (χ2n) is 7.39. The number of hydrogen-bond donors (Lipinski definition) is 0. The van der Waals surface area contributed by atoms with Crippen LogP contribution in [0, 0.1) is 12.3 Å². The van der Waals surface area contributed by atoms with Gasteiger partial charge in [0.15, 0.2) is 6.20 Å². The van der Waals surface area contributed by atoms with Gasteiger partial charge in [0.2, 0.25) is 5.69 Å². The summed E-state index contributed by atoms with van der Waals surface area (Å²) in [6.07, 6.45) is 3.30. The summed E-state index contributed by atoms with van der Waals surface area (Å²) in [6.45, 7) is 8.56. The minimum atomic E-state index is -0.647. The molecule has 1 heteroatoms. The van der Waals surface area contributed by atoms with Crippen molar-refractivity contribution in [3.05, 3.63) is 53.2 Å². The Morgan fingerprint density at radius 2 is 1.95 bits per heavy atom. The molecule has 2 unspecified atom stereocenters. The minimum absolute atomic E-state index is 0.162. The van der Waals surface area contributed by atoms with E-state index < -0.39 is 5.89 Å². The summed E-state index contributed by atoms with van der Waals surface area (Å²) < 4.78 is 20.1. The van der Waals surface area contributed by atoms with E-state index in [2.05, 4.69) is 68.8 Å². The topological polar surface area (TPSA) is 3.88 Å². The summed E-state index contributed by atoms with van der Waals surface area (Å²) in [6, 6.07) is 10.4. The molecule has 1 aliphatic carbocycles. The van der Waals surface area contributed by atoms with Crippen LogP contribution in [0.1, 0.15) is 58.9 Å². The first-order valence-electron chi connectivity index (χ1n) is 9.26. The normalized spacial score (nSPS) is 26.1. The van der Waals surface area contributed by atoms with Gasteiger partial charge < -0.3 is 0 Å². The van der Waals surface area contributed by atoms with Gasteiger partial charge in [-0.1, -0.05) is 39.0 Å². The fourth-order valence-electron chi connectivity index (χ4n) is 3.59. The van der Waals surface area contributed by atoms with Gasteiger partial charge in [-0.25, -0.2) is 4.57 Å². The lowest BCUT2D eigenvalue weighted by atomic mass is 9.69. The van der Waals surface area contributed by atoms with Gasteiger partial charge in [-0.3, -0.25) is 0 Å². The van der Waals surface area contributed by atoms with E-state index in [0.29, 0.717) is 0 Å². The Kier molecular flexibility index (Phi) is 3.24. The lowest BCUT2D eigenvalue weighted by Crippen LogP contribution is -2.35. The molecule has 0 saturated carbocycles. The lowest BCUT2D eigenvalue weighted by Gasteiger charge is -2.35. The third kappa shape index (κ3) is 2.58. The van der Waals surface area contributed by atoms with Gasteiger partial charge in [-0.15, -0.1) is 0 Å². The molecule has 2 aromatic rings. The van der Waals surface area contributed by atoms with Crippen molar-refractivity contribution in [2.75, 3.05) is 0 Å². The van der Waals surface area contributed by atoms with Gasteiger partial charge in [0.25, 0.3) is 0 Å². The summed E-state index contributed by atoms with van der Waals surface area (Å²) >= 11 is 0. The first-order valence-corrected chi connectivity index (χ1v) is 8.18. The Morgan fingerprint density at radius 1 is 1.23 bits per heavy atom. The molecular formula is C21H28N+. The van der Waals surface area contributed by atoms with Crippen LogP contribution in [-0.2, 0) is 13.4 Å². The van der Waals surface area contributed by atoms with Gasteiger partial charge >= 0.3 is 0 Å². The molecule has 0 fully saturated rings. The Balaban J connectivity index is 2.35. The van der Waals surface area contributed by atoms with Crippen LogP contribution in [0.2, 0.25) is 0 Å². The summed E-state index contributed by atoms with van der Waals surface area (Å²) in [4.78, 5) is 0. The lowest BCUT2D eigenvalue weighted by molar-refractivity contribution is -0.660. The molecular weight excluding hydrogens is 266 g/mol. The van der Waals surface area contributed by atoms with Crippen molar-refractivity contribution in [3.63, 3.8) is 0 Å². The highest BCUT2D eigenvalue weighted by Gasteiger charge is 2.34. The Labute approximate surface area is 137 Å². The highest BCUT2D eigenvalue weighted by atomic mass is 14.9. The molecule has 0 spiro atoms. The van der Waals surface area contributed by atoms with E-state index in [1.54, 1.807) is 0 Å². The van der Waals surface area contributed by atoms with Crippen molar-refractivity contribution in [2.24, 2.45) is 12.5 Å². The second-order valence-corrected chi connectivity index (χ2v) is 7.39. The minimum Gasteiger partial charge on any atom is -0.201 e. The van der Waals surface area contributed by atoms with E-state index in [1.807, 2.05) is 7.05 Å². The van der Waals surface area contributed by atoms with Gasteiger partial charge in [0.1, 0.15) is 7.05 Å². The largest absolute Gasteiger partial charge is 0.216 e. The first-order chi connectivity index (χ1) is 11.2. The number of fused-ring (bicyclic) bond motifs is 1. The molecule has 2 atom stereocenters. The predicted octanol–water partition coefficient (Wildman–Crippen LogP) is 4.95. The van der Waals surface area contributed by atoms with E-state index in [-0.39, 0.29) is 11.8 Å². The average molecular weight is 296 g/mol. The average Bonchev–Trinajstić information content (AvgIpc) is 2.51. The molecule has 0 N–H and O–H groups in total. The van der Waals surface area contributed by atoms with E-state index in [9.17, 15) is 1.37 Å². The summed E-state index contributed by atoms with van der Waals surface area (Å²) in [5, 5.41) is 0. The monoisotopic (exact) mass is 296 g/mol. The fraction of sp³-hybridized carbons (Fsp3) is 0.476. The van der Waals surface area contributed by atoms with Gasteiger partial charge in [-0.2, -0.15) is 0 Å². The van der Waals surface area contributed by atoms with E-state index in [4.69, 9.17) is 1.37 Å². The number of nitrogens with zero attached hydrogens (tertiary/aromatic N) is 1. The van der Waals surface area contributed by atoms with Gasteiger partial charge in [0.05, 0.1) is 0 Å². The summed E-state index contributed by atoms with van der Waals surface area (Å²) in [7, 11) is 2.05. The van der Waals surface area contributed by atoms with Crippen LogP contribution in [0.3, 0.4) is 0 Å². The number of aromatic nitrogens is 1. The molecule has 3 rings (SSSR count). The highest BCUT2D eigenvalue weighted by Crippen LogP contribution is 2.45. The van der Waals surface area contributed by atoms with Crippen LogP contribution in [0.5, 0.6) is 0 Å². The standard InChI is InChI=1S/C21H28N/c1-15-9-6-7-10-16(15)20-18-11-8-12-19(21(2,3)4)17(18)13-14-22(20)5/h6-7,9-10,13-14,19H,8,11-12H2,1-5H3/q+1/i11D,19D. The summed E-state index contributed by atoms with van der Waals surface area (Å²) in [5.74, 6) is -0.647. The molecule has 1 aromatic heterocycles. The smallest absolute Gasteiger partial charge is 0.201 e. The van der Waals surface area contributed by atoms with Crippen LogP contribution in [0.25, 0.3) is 11.3 Å². The second kappa shape index (κ2) is 5.53. The third-order valence-corrected chi connectivity index (χ3v) is 4.74. The van der Waals surface area contributed by atoms with Crippen LogP contribution in [0.15, 0.2) is 36.5 Å². The molecule has 1 aliphatic rings. The van der Waals surface area contributed by atoms with Crippen molar-refractivity contribution >= 4 is 0 Å². The summed E-state index contributed by atoms with van der Waals surface area (Å²) in [5.41, 5.74) is 5.41. The SMILES string of the molecule is [2H]C1CCC([2H])(C(C)(C)C)c2cc[n+](C)c(-c3ccccc3C)c21. The Morgan fingerprint density at radius 3 is 2.64 bits per heavy atom. The molecule has 1 aromatic carbocycles. The molecule has 0 saturated heterocycles. The maximum atomic E-state index is 9.23. The molecule has 116 valence electrons. The van der Waals surface area contributed by atoms with Crippen LogP contribution < -0.4 is 4.57 Å². The molecule has 1 heterocycles. The van der Waals surface area contributed by atoms with Crippen LogP contribution in [0.4, 0.5) is 0 Å². The maximum Gasteiger partial charge on any atom is 0.216 e. The fourth-order valence-corrected chi connectivity index (χ4v) is 3.59. The molecule has 22 heavy (non-hydrogen) atoms. The zero-order valence-corrected chi connectivity index (χ0v) is 14.4. The molecule has 0 radical (unpaired) electrons. The first kappa shape index (κ1) is 12.9. The number of aryl methyl sites for hydroxylation is 2. The predicted molar refractivity (Wildman–Crippen MR) is 92.9 cm³/mol. The van der Waals surface area contributed by atoms with Crippen molar-refractivity contribution in [1.29, 1.82) is 0 Å². The quantitative estimate of drug-likeness (QED) is 0.655. The number of rotatable bonds is 1. The van der Waals surface area contributed by atoms with E-state index >= 15 is 0 Å². The molecule has 0 aliphatic heterocycles. The maximum absolute atomic E-state index is 9.23. The van der Waals surface area contributed by atoms with Crippen molar-refractivity contribution in [2.45, 2.75) is 52.8 Å². The van der Waals surface area contributed by atoms with Crippen molar-refractivity contribution < 1.29 is 7.31 Å². The number of pyridine rings is 1. The van der Waals surface area contributed by atoms with E-state index in [1.165, 1.54) is 11.1 Å². The Hall–Kier alpha value is -1.63. The molecule has 0 amide bonds.